The standard InChI is InChI=1S/C7H6ClO2/c8-6-3-1-2-4-7(6)10-5-9/h1-4H,5H2. The molecule has 0 amide bonds. The molecule has 0 aliphatic heterocycles. The van der Waals surface area contributed by atoms with Crippen LogP contribution in [-0.2, 0) is 5.11 Å². The first-order valence-electron chi connectivity index (χ1n) is 2.80. The highest BCUT2D eigenvalue weighted by Gasteiger charge is 1.96. The van der Waals surface area contributed by atoms with Gasteiger partial charge in [0.25, 0.3) is 0 Å². The molecule has 3 heteroatoms. The fourth-order valence-electron chi connectivity index (χ4n) is 0.625. The minimum atomic E-state index is -0.594. The number of halogens is 1. The van der Waals surface area contributed by atoms with Crippen LogP contribution in [0.5, 0.6) is 5.75 Å². The molecule has 0 atom stereocenters. The zero-order valence-electron chi connectivity index (χ0n) is 5.21. The van der Waals surface area contributed by atoms with Gasteiger partial charge in [-0.05, 0) is 12.1 Å². The fourth-order valence-corrected chi connectivity index (χ4v) is 0.816. The van der Waals surface area contributed by atoms with Crippen LogP contribution in [0.3, 0.4) is 0 Å². The number of rotatable bonds is 2. The second-order valence-corrected chi connectivity index (χ2v) is 2.10. The second-order valence-electron chi connectivity index (χ2n) is 1.69. The molecular formula is C7H6ClO2. The lowest BCUT2D eigenvalue weighted by Crippen LogP contribution is -1.92. The lowest BCUT2D eigenvalue weighted by molar-refractivity contribution is 0.0377. The number of hydrogen-bond donors (Lipinski definition) is 0. The largest absolute Gasteiger partial charge is 0.463 e. The molecule has 0 unspecified atom stereocenters. The van der Waals surface area contributed by atoms with Gasteiger partial charge >= 0.3 is 0 Å². The summed E-state index contributed by atoms with van der Waals surface area (Å²) in [6, 6.07) is 6.86. The van der Waals surface area contributed by atoms with Gasteiger partial charge in [0.1, 0.15) is 5.75 Å². The Hall–Kier alpha value is -0.730. The maximum atomic E-state index is 9.97. The Morgan fingerprint density at radius 1 is 1.40 bits per heavy atom. The Balaban J connectivity index is 2.81. The summed E-state index contributed by atoms with van der Waals surface area (Å²) in [6.07, 6.45) is 0. The maximum Gasteiger partial charge on any atom is 0.221 e. The molecule has 1 radical (unpaired) electrons. The third-order valence-electron chi connectivity index (χ3n) is 1.05. The van der Waals surface area contributed by atoms with Crippen molar-refractivity contribution in [3.8, 4) is 5.75 Å². The second kappa shape index (κ2) is 3.44. The molecule has 53 valence electrons. The molecule has 1 aromatic carbocycles. The summed E-state index contributed by atoms with van der Waals surface area (Å²) in [5.74, 6) is 0.444. The highest BCUT2D eigenvalue weighted by Crippen LogP contribution is 2.22. The Kier molecular flexibility index (Phi) is 2.54. The van der Waals surface area contributed by atoms with E-state index >= 15 is 0 Å². The van der Waals surface area contributed by atoms with E-state index < -0.39 is 6.79 Å². The van der Waals surface area contributed by atoms with Crippen molar-refractivity contribution in [3.63, 3.8) is 0 Å². The van der Waals surface area contributed by atoms with E-state index in [1.165, 1.54) is 0 Å². The Bertz CT molecular complexity index is 213. The average Bonchev–Trinajstić information content (AvgIpc) is 1.94. The fraction of sp³-hybridized carbons (Fsp3) is 0.143. The van der Waals surface area contributed by atoms with Gasteiger partial charge in [-0.2, -0.15) is 5.11 Å². The first kappa shape index (κ1) is 7.38. The molecular weight excluding hydrogens is 152 g/mol. The third-order valence-corrected chi connectivity index (χ3v) is 1.36. The van der Waals surface area contributed by atoms with Gasteiger partial charge in [0, 0.05) is 0 Å². The Morgan fingerprint density at radius 3 is 2.70 bits per heavy atom. The Labute approximate surface area is 64.0 Å². The molecule has 10 heavy (non-hydrogen) atoms. The van der Waals surface area contributed by atoms with Crippen LogP contribution in [0.15, 0.2) is 24.3 Å². The van der Waals surface area contributed by atoms with E-state index in [1.54, 1.807) is 24.3 Å². The van der Waals surface area contributed by atoms with E-state index in [0.29, 0.717) is 10.8 Å². The first-order chi connectivity index (χ1) is 4.84. The summed E-state index contributed by atoms with van der Waals surface area (Å²) in [4.78, 5) is 0. The predicted octanol–water partition coefficient (Wildman–Crippen LogP) is 2.11. The molecule has 0 bridgehead atoms. The smallest absolute Gasteiger partial charge is 0.221 e. The summed E-state index contributed by atoms with van der Waals surface area (Å²) < 4.78 is 4.65. The van der Waals surface area contributed by atoms with E-state index in [9.17, 15) is 5.11 Å². The third kappa shape index (κ3) is 1.62. The molecule has 0 saturated heterocycles. The van der Waals surface area contributed by atoms with Crippen molar-refractivity contribution in [3.05, 3.63) is 29.3 Å². The Morgan fingerprint density at radius 2 is 2.10 bits per heavy atom. The van der Waals surface area contributed by atoms with Gasteiger partial charge in [-0.25, -0.2) is 0 Å². The van der Waals surface area contributed by atoms with Crippen LogP contribution in [-0.4, -0.2) is 6.79 Å². The zero-order chi connectivity index (χ0) is 7.40. The van der Waals surface area contributed by atoms with Gasteiger partial charge in [0.2, 0.25) is 6.79 Å². The summed E-state index contributed by atoms with van der Waals surface area (Å²) in [5.41, 5.74) is 0. The number of benzene rings is 1. The normalized spacial score (nSPS) is 9.40. The SMILES string of the molecule is [O]COc1ccccc1Cl. The van der Waals surface area contributed by atoms with E-state index in [1.807, 2.05) is 0 Å². The van der Waals surface area contributed by atoms with Gasteiger partial charge < -0.3 is 4.74 Å². The number of hydrogen-bond acceptors (Lipinski definition) is 1. The zero-order valence-corrected chi connectivity index (χ0v) is 5.97. The summed E-state index contributed by atoms with van der Waals surface area (Å²) >= 11 is 5.64. The van der Waals surface area contributed by atoms with Crippen LogP contribution in [0.2, 0.25) is 5.02 Å². The highest BCUT2D eigenvalue weighted by atomic mass is 35.5. The van der Waals surface area contributed by atoms with Crippen LogP contribution in [0.25, 0.3) is 0 Å². The van der Waals surface area contributed by atoms with Crippen molar-refractivity contribution < 1.29 is 9.84 Å². The molecule has 1 rings (SSSR count). The number of para-hydroxylation sites is 1. The predicted molar refractivity (Wildman–Crippen MR) is 37.6 cm³/mol. The lowest BCUT2D eigenvalue weighted by atomic mass is 10.3. The van der Waals surface area contributed by atoms with Crippen molar-refractivity contribution in [1.29, 1.82) is 0 Å². The van der Waals surface area contributed by atoms with Crippen LogP contribution in [0, 0.1) is 0 Å². The van der Waals surface area contributed by atoms with Gasteiger partial charge in [-0.15, -0.1) is 0 Å². The number of ether oxygens (including phenoxy) is 1. The van der Waals surface area contributed by atoms with E-state index in [2.05, 4.69) is 4.74 Å². The molecule has 2 nitrogen and oxygen atoms in total. The van der Waals surface area contributed by atoms with Crippen molar-refractivity contribution in [2.75, 3.05) is 6.79 Å². The molecule has 0 N–H and O–H groups in total. The molecule has 0 fully saturated rings. The van der Waals surface area contributed by atoms with Crippen LogP contribution >= 0.6 is 11.6 Å². The molecule has 0 spiro atoms. The molecule has 0 aromatic heterocycles. The summed E-state index contributed by atoms with van der Waals surface area (Å²) in [6.45, 7) is -0.594. The van der Waals surface area contributed by atoms with Crippen molar-refractivity contribution in [1.82, 2.24) is 0 Å². The summed E-state index contributed by atoms with van der Waals surface area (Å²) in [7, 11) is 0. The molecule has 1 aromatic rings. The van der Waals surface area contributed by atoms with Crippen LogP contribution < -0.4 is 4.74 Å². The van der Waals surface area contributed by atoms with Gasteiger partial charge in [-0.1, -0.05) is 23.7 Å². The lowest BCUT2D eigenvalue weighted by Gasteiger charge is -2.00. The molecule has 0 saturated carbocycles. The van der Waals surface area contributed by atoms with E-state index in [0.717, 1.165) is 0 Å². The first-order valence-corrected chi connectivity index (χ1v) is 3.18. The monoisotopic (exact) mass is 157 g/mol. The van der Waals surface area contributed by atoms with E-state index in [-0.39, 0.29) is 0 Å². The minimum Gasteiger partial charge on any atom is -0.463 e. The van der Waals surface area contributed by atoms with E-state index in [4.69, 9.17) is 11.6 Å². The highest BCUT2D eigenvalue weighted by molar-refractivity contribution is 6.32. The minimum absolute atomic E-state index is 0.444. The molecule has 0 aliphatic carbocycles. The molecule has 0 heterocycles. The van der Waals surface area contributed by atoms with Crippen molar-refractivity contribution >= 4 is 11.6 Å². The maximum absolute atomic E-state index is 9.97. The van der Waals surface area contributed by atoms with Crippen LogP contribution in [0.4, 0.5) is 0 Å². The molecule has 0 aliphatic rings. The summed E-state index contributed by atoms with van der Waals surface area (Å²) in [5, 5.41) is 10.4. The van der Waals surface area contributed by atoms with Gasteiger partial charge in [0.05, 0.1) is 5.02 Å². The van der Waals surface area contributed by atoms with Crippen molar-refractivity contribution in [2.45, 2.75) is 0 Å². The van der Waals surface area contributed by atoms with Gasteiger partial charge in [-0.3, -0.25) is 0 Å². The average molecular weight is 158 g/mol. The van der Waals surface area contributed by atoms with Gasteiger partial charge in [0.15, 0.2) is 0 Å². The van der Waals surface area contributed by atoms with Crippen molar-refractivity contribution in [2.24, 2.45) is 0 Å². The van der Waals surface area contributed by atoms with Crippen LogP contribution in [0.1, 0.15) is 0 Å². The quantitative estimate of drug-likeness (QED) is 0.605. The topological polar surface area (TPSA) is 29.1 Å².